The van der Waals surface area contributed by atoms with Gasteiger partial charge in [-0.25, -0.2) is 0 Å². The second kappa shape index (κ2) is 61.1. The van der Waals surface area contributed by atoms with Crippen molar-refractivity contribution in [2.24, 2.45) is 0 Å². The lowest BCUT2D eigenvalue weighted by Gasteiger charge is -2.47. The maximum atomic E-state index is 14.2. The first-order chi connectivity index (χ1) is 42.8. The number of carbonyl (C=O) groups excluding carboxylic acids is 2. The van der Waals surface area contributed by atoms with E-state index in [1.807, 2.05) is 6.08 Å². The van der Waals surface area contributed by atoms with E-state index >= 15 is 0 Å². The van der Waals surface area contributed by atoms with E-state index in [9.17, 15) is 30.0 Å². The van der Waals surface area contributed by atoms with Crippen LogP contribution in [0.25, 0.3) is 0 Å². The van der Waals surface area contributed by atoms with Gasteiger partial charge in [-0.3, -0.25) is 9.59 Å². The second-order valence-electron chi connectivity index (χ2n) is 21.1. The number of nitrogens with one attached hydrogen (secondary N) is 1. The molecule has 3 unspecified atom stereocenters. The van der Waals surface area contributed by atoms with Crippen LogP contribution in [-0.2, 0) is 85.4 Å². The molecule has 1 heterocycles. The first-order valence-electron chi connectivity index (χ1n) is 32.8. The van der Waals surface area contributed by atoms with Gasteiger partial charge in [-0.2, -0.15) is 0 Å². The van der Waals surface area contributed by atoms with Crippen LogP contribution in [-0.4, -0.2) is 279 Å². The Morgan fingerprint density at radius 1 is 0.494 bits per heavy atom. The standard InChI is InChI=1S/C63H118N2O22/c1-3-5-6-7-8-9-10-11-12-13-14-15-19-22-58(67)65(59-61(69)60(68)57(54-66)87-63(59)71)56(62(70)64-55-20-17-16-18-21-55)23-25-73-27-29-75-31-33-77-35-37-79-39-41-81-43-45-83-47-49-85-51-53-86-52-50-84-48-46-82-44-42-80-40-38-78-36-34-76-32-30-74-28-26-72-24-4-2/h11-12,20,56-57,59-61,63,66,68-69,71H,3-10,13-19,21-54H2,1-2H3,(H,64,70)/b12-11-/t56?,57?,59?,60-,61+,63-/m1/s1. The van der Waals surface area contributed by atoms with Gasteiger partial charge in [-0.1, -0.05) is 70.6 Å². The van der Waals surface area contributed by atoms with Crippen LogP contribution in [0.4, 0.5) is 0 Å². The molecule has 2 amide bonds. The fourth-order valence-corrected chi connectivity index (χ4v) is 9.16. The molecule has 1 aliphatic heterocycles. The summed E-state index contributed by atoms with van der Waals surface area (Å²) in [7, 11) is 0. The van der Waals surface area contributed by atoms with Crippen molar-refractivity contribution in [2.75, 3.05) is 205 Å². The van der Waals surface area contributed by atoms with Crippen molar-refractivity contribution in [1.29, 1.82) is 0 Å². The van der Waals surface area contributed by atoms with Gasteiger partial charge in [0.05, 0.1) is 192 Å². The van der Waals surface area contributed by atoms with Gasteiger partial charge in [-0.15, -0.1) is 0 Å². The number of unbranched alkanes of at least 4 members (excludes halogenated alkanes) is 9. The van der Waals surface area contributed by atoms with Crippen molar-refractivity contribution in [2.45, 2.75) is 166 Å². The second-order valence-corrected chi connectivity index (χ2v) is 21.1. The maximum Gasteiger partial charge on any atom is 0.247 e. The van der Waals surface area contributed by atoms with Crippen molar-refractivity contribution < 1.29 is 106 Å². The Labute approximate surface area is 521 Å². The average molecular weight is 1260 g/mol. The summed E-state index contributed by atoms with van der Waals surface area (Å²) in [4.78, 5) is 29.6. The number of aliphatic hydroxyl groups excluding tert-OH is 4. The van der Waals surface area contributed by atoms with E-state index in [0.717, 1.165) is 63.7 Å². The molecule has 6 atom stereocenters. The van der Waals surface area contributed by atoms with Crippen molar-refractivity contribution >= 4 is 11.8 Å². The Morgan fingerprint density at radius 2 is 0.862 bits per heavy atom. The third-order valence-corrected chi connectivity index (χ3v) is 13.9. The van der Waals surface area contributed by atoms with Gasteiger partial charge < -0.3 is 106 Å². The molecule has 0 aromatic heterocycles. The minimum Gasteiger partial charge on any atom is -0.394 e. The van der Waals surface area contributed by atoms with Crippen LogP contribution in [0.15, 0.2) is 23.9 Å². The van der Waals surface area contributed by atoms with Gasteiger partial charge in [-0.05, 0) is 64.2 Å². The summed E-state index contributed by atoms with van der Waals surface area (Å²) in [5.74, 6) is -0.957. The fourth-order valence-electron chi connectivity index (χ4n) is 9.16. The summed E-state index contributed by atoms with van der Waals surface area (Å²) in [6, 6.07) is -2.67. The lowest BCUT2D eigenvalue weighted by molar-refractivity contribution is -0.273. The van der Waals surface area contributed by atoms with Crippen LogP contribution < -0.4 is 5.32 Å². The molecule has 512 valence electrons. The molecule has 0 aromatic rings. The minimum absolute atomic E-state index is 0.0273. The van der Waals surface area contributed by atoms with Crippen LogP contribution in [0.3, 0.4) is 0 Å². The predicted octanol–water partition coefficient (Wildman–Crippen LogP) is 4.86. The predicted molar refractivity (Wildman–Crippen MR) is 327 cm³/mol. The first kappa shape index (κ1) is 80.7. The Kier molecular flexibility index (Phi) is 56.7. The van der Waals surface area contributed by atoms with E-state index in [2.05, 4.69) is 31.3 Å². The molecule has 0 bridgehead atoms. The molecule has 87 heavy (non-hydrogen) atoms. The summed E-state index contributed by atoms with van der Waals surface area (Å²) in [6.45, 7) is 17.1. The van der Waals surface area contributed by atoms with Gasteiger partial charge in [0.15, 0.2) is 6.29 Å². The van der Waals surface area contributed by atoms with E-state index in [-0.39, 0.29) is 32.7 Å². The molecule has 24 nitrogen and oxygen atoms in total. The molecule has 1 saturated heterocycles. The molecule has 2 aliphatic rings. The zero-order chi connectivity index (χ0) is 62.6. The number of nitrogens with zero attached hydrogens (tertiary/aromatic N) is 1. The molecule has 24 heteroatoms. The first-order valence-corrected chi connectivity index (χ1v) is 32.8. The van der Waals surface area contributed by atoms with Crippen molar-refractivity contribution in [3.63, 3.8) is 0 Å². The third kappa shape index (κ3) is 45.5. The van der Waals surface area contributed by atoms with Crippen LogP contribution in [0, 0.1) is 0 Å². The number of carbonyl (C=O) groups is 2. The summed E-state index contributed by atoms with van der Waals surface area (Å²) in [5, 5.41) is 46.2. The highest BCUT2D eigenvalue weighted by atomic mass is 16.6. The molecular formula is C63H118N2O22. The lowest BCUT2D eigenvalue weighted by atomic mass is 9.93. The summed E-state index contributed by atoms with van der Waals surface area (Å²) >= 11 is 0. The SMILES string of the molecule is CCCCCCCC/C=C\CCCCCC(=O)N(C(CCOCCOCCOCCOCCOCCOCCOCCOCCOCCOCCOCCOCCOCCOCCOCCC)C(=O)NC1=CCCCC1)C1[C@H](O)OC(CO)[C@@H](O)[C@H]1O. The van der Waals surface area contributed by atoms with Crippen molar-refractivity contribution in [1.82, 2.24) is 10.2 Å². The van der Waals surface area contributed by atoms with Gasteiger partial charge in [0, 0.05) is 31.8 Å². The van der Waals surface area contributed by atoms with Crippen LogP contribution in [0.2, 0.25) is 0 Å². The highest BCUT2D eigenvalue weighted by molar-refractivity contribution is 5.89. The monoisotopic (exact) mass is 1250 g/mol. The van der Waals surface area contributed by atoms with E-state index in [0.29, 0.717) is 185 Å². The Morgan fingerprint density at radius 3 is 1.23 bits per heavy atom. The van der Waals surface area contributed by atoms with Gasteiger partial charge in [0.25, 0.3) is 0 Å². The number of aliphatic hydroxyl groups is 4. The molecule has 0 saturated carbocycles. The van der Waals surface area contributed by atoms with Crippen LogP contribution in [0.1, 0.15) is 129 Å². The van der Waals surface area contributed by atoms with Crippen molar-refractivity contribution in [3.8, 4) is 0 Å². The highest BCUT2D eigenvalue weighted by Crippen LogP contribution is 2.28. The molecule has 5 N–H and O–H groups in total. The third-order valence-electron chi connectivity index (χ3n) is 13.9. The molecule has 0 aromatic carbocycles. The molecular weight excluding hydrogens is 1140 g/mol. The number of allylic oxidation sites excluding steroid dienone is 4. The van der Waals surface area contributed by atoms with Gasteiger partial charge in [0.2, 0.25) is 11.8 Å². The number of hydrogen-bond acceptors (Lipinski definition) is 22. The summed E-state index contributed by atoms with van der Waals surface area (Å²) < 4.78 is 88.7. The zero-order valence-electron chi connectivity index (χ0n) is 53.4. The number of hydrogen-bond donors (Lipinski definition) is 5. The molecule has 1 fully saturated rings. The molecule has 0 radical (unpaired) electrons. The minimum atomic E-state index is -1.78. The Hall–Kier alpha value is -2.38. The molecule has 2 rings (SSSR count). The average Bonchev–Trinajstić information content (AvgIpc) is 1.10. The van der Waals surface area contributed by atoms with Gasteiger partial charge >= 0.3 is 0 Å². The molecule has 1 aliphatic carbocycles. The zero-order valence-corrected chi connectivity index (χ0v) is 53.4. The van der Waals surface area contributed by atoms with Crippen LogP contribution in [0.5, 0.6) is 0 Å². The van der Waals surface area contributed by atoms with E-state index < -0.39 is 55.1 Å². The van der Waals surface area contributed by atoms with E-state index in [1.165, 1.54) is 43.4 Å². The van der Waals surface area contributed by atoms with Crippen LogP contribution >= 0.6 is 0 Å². The maximum absolute atomic E-state index is 14.2. The largest absolute Gasteiger partial charge is 0.394 e. The summed E-state index contributed by atoms with van der Waals surface area (Å²) in [6.07, 6.45) is 16.2. The number of amides is 2. The smallest absolute Gasteiger partial charge is 0.247 e. The van der Waals surface area contributed by atoms with Gasteiger partial charge in [0.1, 0.15) is 30.4 Å². The van der Waals surface area contributed by atoms with Crippen molar-refractivity contribution in [3.05, 3.63) is 23.9 Å². The Balaban J connectivity index is 1.47. The fraction of sp³-hybridized carbons (Fsp3) is 0.905. The van der Waals surface area contributed by atoms with E-state index in [4.69, 9.17) is 75.8 Å². The summed E-state index contributed by atoms with van der Waals surface area (Å²) in [5.41, 5.74) is 0.748. The number of rotatable bonds is 65. The quantitative estimate of drug-likeness (QED) is 0.0401. The normalized spacial score (nSPS) is 18.4. The Bertz CT molecular complexity index is 1590. The lowest BCUT2D eigenvalue weighted by Crippen LogP contribution is -2.68. The topological polar surface area (TPSA) is 278 Å². The highest BCUT2D eigenvalue weighted by Gasteiger charge is 2.50. The molecule has 0 spiro atoms. The number of ether oxygens (including phenoxy) is 16. The van der Waals surface area contributed by atoms with E-state index in [1.54, 1.807) is 0 Å².